The molecule has 2 aromatic heterocycles. The number of amides is 2. The zero-order chi connectivity index (χ0) is 16.8. The molecular formula is C14H19N7O2. The summed E-state index contributed by atoms with van der Waals surface area (Å²) in [6, 6.07) is 3.67. The molecular weight excluding hydrogens is 298 g/mol. The third-order valence-electron chi connectivity index (χ3n) is 2.96. The van der Waals surface area contributed by atoms with Crippen LogP contribution in [0.2, 0.25) is 0 Å². The van der Waals surface area contributed by atoms with E-state index in [-0.39, 0.29) is 11.7 Å². The van der Waals surface area contributed by atoms with Gasteiger partial charge in [0, 0.05) is 24.4 Å². The van der Waals surface area contributed by atoms with Crippen LogP contribution in [0.15, 0.2) is 24.3 Å². The summed E-state index contributed by atoms with van der Waals surface area (Å²) in [5.74, 6) is 0.0210. The topological polar surface area (TPSA) is 118 Å². The van der Waals surface area contributed by atoms with E-state index in [1.807, 2.05) is 13.0 Å². The van der Waals surface area contributed by atoms with Crippen LogP contribution in [0.5, 0.6) is 0 Å². The van der Waals surface area contributed by atoms with Gasteiger partial charge >= 0.3 is 0 Å². The lowest BCUT2D eigenvalue weighted by Crippen LogP contribution is -2.30. The molecule has 3 N–H and O–H groups in total. The van der Waals surface area contributed by atoms with Crippen LogP contribution in [0.1, 0.15) is 29.7 Å². The lowest BCUT2D eigenvalue weighted by atomic mass is 10.3. The Morgan fingerprint density at radius 3 is 2.70 bits per heavy atom. The molecule has 0 aliphatic rings. The Morgan fingerprint density at radius 2 is 2.04 bits per heavy atom. The number of aryl methyl sites for hydroxylation is 1. The number of tetrazole rings is 1. The zero-order valence-electron chi connectivity index (χ0n) is 13.1. The molecule has 0 saturated carbocycles. The van der Waals surface area contributed by atoms with Gasteiger partial charge in [0.15, 0.2) is 5.82 Å². The molecule has 2 rings (SSSR count). The summed E-state index contributed by atoms with van der Waals surface area (Å²) >= 11 is 0. The van der Waals surface area contributed by atoms with Crippen molar-refractivity contribution in [2.75, 3.05) is 13.1 Å². The molecule has 23 heavy (non-hydrogen) atoms. The molecule has 0 spiro atoms. The molecule has 2 heterocycles. The molecule has 0 unspecified atom stereocenters. The quantitative estimate of drug-likeness (QED) is 0.495. The van der Waals surface area contributed by atoms with Gasteiger partial charge in [-0.05, 0) is 37.6 Å². The van der Waals surface area contributed by atoms with Gasteiger partial charge in [0.05, 0.1) is 0 Å². The first-order chi connectivity index (χ1) is 11.0. The third kappa shape index (κ3) is 4.50. The standard InChI is InChI=1S/C14H19N7O2/c1-9(2)13(22)15-7-4-8-16-14(23)12-18-20-21(19-12)11-6-5-10(3)17-11/h5-6,17H,1,4,7-8H2,2-3H3,(H,15,22)(H,16,23). The van der Waals surface area contributed by atoms with Crippen molar-refractivity contribution in [1.82, 2.24) is 35.8 Å². The van der Waals surface area contributed by atoms with Gasteiger partial charge in [-0.1, -0.05) is 6.58 Å². The van der Waals surface area contributed by atoms with E-state index in [1.165, 1.54) is 4.80 Å². The van der Waals surface area contributed by atoms with E-state index in [9.17, 15) is 9.59 Å². The Labute approximate surface area is 133 Å². The number of hydrogen-bond acceptors (Lipinski definition) is 5. The largest absolute Gasteiger partial charge is 0.352 e. The van der Waals surface area contributed by atoms with E-state index in [2.05, 4.69) is 37.6 Å². The van der Waals surface area contributed by atoms with Crippen LogP contribution in [-0.4, -0.2) is 50.1 Å². The fraction of sp³-hybridized carbons (Fsp3) is 0.357. The van der Waals surface area contributed by atoms with E-state index in [0.717, 1.165) is 5.69 Å². The van der Waals surface area contributed by atoms with E-state index in [0.29, 0.717) is 30.9 Å². The highest BCUT2D eigenvalue weighted by Gasteiger charge is 2.13. The molecule has 0 aromatic carbocycles. The predicted octanol–water partition coefficient (Wildman–Crippen LogP) is 0.111. The van der Waals surface area contributed by atoms with Crippen LogP contribution in [-0.2, 0) is 4.79 Å². The van der Waals surface area contributed by atoms with Gasteiger partial charge in [-0.2, -0.15) is 0 Å². The van der Waals surface area contributed by atoms with Gasteiger partial charge in [0.2, 0.25) is 5.91 Å². The summed E-state index contributed by atoms with van der Waals surface area (Å²) in [6.45, 7) is 7.93. The Hall–Kier alpha value is -2.97. The molecule has 9 nitrogen and oxygen atoms in total. The van der Waals surface area contributed by atoms with Gasteiger partial charge < -0.3 is 15.6 Å². The van der Waals surface area contributed by atoms with Crippen LogP contribution >= 0.6 is 0 Å². The van der Waals surface area contributed by atoms with Crippen LogP contribution < -0.4 is 10.6 Å². The van der Waals surface area contributed by atoms with Crippen LogP contribution in [0.4, 0.5) is 0 Å². The molecule has 2 amide bonds. The van der Waals surface area contributed by atoms with Gasteiger partial charge in [-0.3, -0.25) is 9.59 Å². The van der Waals surface area contributed by atoms with Crippen molar-refractivity contribution in [3.05, 3.63) is 35.8 Å². The van der Waals surface area contributed by atoms with E-state index in [4.69, 9.17) is 0 Å². The highest BCUT2D eigenvalue weighted by molar-refractivity contribution is 5.92. The van der Waals surface area contributed by atoms with Crippen molar-refractivity contribution in [3.63, 3.8) is 0 Å². The Bertz CT molecular complexity index is 716. The monoisotopic (exact) mass is 317 g/mol. The number of H-pyrrole nitrogens is 1. The highest BCUT2D eigenvalue weighted by atomic mass is 16.2. The molecule has 0 saturated heterocycles. The summed E-state index contributed by atoms with van der Waals surface area (Å²) in [6.07, 6.45) is 0.592. The van der Waals surface area contributed by atoms with Crippen molar-refractivity contribution in [2.45, 2.75) is 20.3 Å². The number of hydrogen-bond donors (Lipinski definition) is 3. The number of nitrogens with zero attached hydrogens (tertiary/aromatic N) is 4. The number of nitrogens with one attached hydrogen (secondary N) is 3. The minimum absolute atomic E-state index is 0.0109. The van der Waals surface area contributed by atoms with Crippen LogP contribution in [0, 0.1) is 6.92 Å². The number of carbonyl (C=O) groups is 2. The van der Waals surface area contributed by atoms with Crippen molar-refractivity contribution in [3.8, 4) is 5.82 Å². The number of aromatic amines is 1. The summed E-state index contributed by atoms with van der Waals surface area (Å²) in [7, 11) is 0. The summed E-state index contributed by atoms with van der Waals surface area (Å²) in [5.41, 5.74) is 1.41. The Morgan fingerprint density at radius 1 is 1.30 bits per heavy atom. The van der Waals surface area contributed by atoms with Crippen LogP contribution in [0.3, 0.4) is 0 Å². The van der Waals surface area contributed by atoms with Crippen molar-refractivity contribution in [2.24, 2.45) is 0 Å². The molecule has 122 valence electrons. The minimum Gasteiger partial charge on any atom is -0.352 e. The van der Waals surface area contributed by atoms with Crippen molar-refractivity contribution < 1.29 is 9.59 Å². The average Bonchev–Trinajstić information content (AvgIpc) is 3.15. The maximum absolute atomic E-state index is 11.9. The van der Waals surface area contributed by atoms with Crippen LogP contribution in [0.25, 0.3) is 5.82 Å². The smallest absolute Gasteiger partial charge is 0.292 e. The van der Waals surface area contributed by atoms with E-state index >= 15 is 0 Å². The maximum Gasteiger partial charge on any atom is 0.292 e. The first-order valence-corrected chi connectivity index (χ1v) is 7.15. The third-order valence-corrected chi connectivity index (χ3v) is 2.96. The van der Waals surface area contributed by atoms with Gasteiger partial charge in [-0.15, -0.1) is 15.0 Å². The highest BCUT2D eigenvalue weighted by Crippen LogP contribution is 2.03. The normalized spacial score (nSPS) is 10.3. The zero-order valence-corrected chi connectivity index (χ0v) is 13.1. The molecule has 0 aliphatic carbocycles. The van der Waals surface area contributed by atoms with Gasteiger partial charge in [0.25, 0.3) is 11.7 Å². The fourth-order valence-electron chi connectivity index (χ4n) is 1.74. The second-order valence-corrected chi connectivity index (χ2v) is 5.07. The summed E-state index contributed by atoms with van der Waals surface area (Å²) < 4.78 is 0. The lowest BCUT2D eigenvalue weighted by molar-refractivity contribution is -0.117. The van der Waals surface area contributed by atoms with E-state index in [1.54, 1.807) is 13.0 Å². The molecule has 0 atom stereocenters. The van der Waals surface area contributed by atoms with Gasteiger partial charge in [-0.25, -0.2) is 0 Å². The second kappa shape index (κ2) is 7.34. The number of carbonyl (C=O) groups excluding carboxylic acids is 2. The molecule has 9 heteroatoms. The lowest BCUT2D eigenvalue weighted by Gasteiger charge is -2.05. The van der Waals surface area contributed by atoms with Crippen molar-refractivity contribution >= 4 is 11.8 Å². The SMILES string of the molecule is C=C(C)C(=O)NCCCNC(=O)c1nnn(-c2ccc(C)[nH]2)n1. The summed E-state index contributed by atoms with van der Waals surface area (Å²) in [5, 5.41) is 16.9. The molecule has 0 fully saturated rings. The fourth-order valence-corrected chi connectivity index (χ4v) is 1.74. The Balaban J connectivity index is 1.77. The minimum atomic E-state index is -0.411. The average molecular weight is 317 g/mol. The molecule has 2 aromatic rings. The predicted molar refractivity (Wildman–Crippen MR) is 83.0 cm³/mol. The van der Waals surface area contributed by atoms with E-state index < -0.39 is 5.91 Å². The molecule has 0 aliphatic heterocycles. The molecule has 0 bridgehead atoms. The number of rotatable bonds is 7. The first-order valence-electron chi connectivity index (χ1n) is 7.15. The second-order valence-electron chi connectivity index (χ2n) is 5.07. The Kier molecular flexibility index (Phi) is 5.23. The van der Waals surface area contributed by atoms with Crippen molar-refractivity contribution in [1.29, 1.82) is 0 Å². The summed E-state index contributed by atoms with van der Waals surface area (Å²) in [4.78, 5) is 27.5. The maximum atomic E-state index is 11.9. The van der Waals surface area contributed by atoms with Gasteiger partial charge in [0.1, 0.15) is 0 Å². The first kappa shape index (κ1) is 16.4. The molecule has 0 radical (unpaired) electrons. The number of aromatic nitrogens is 5.